The van der Waals surface area contributed by atoms with Crippen molar-refractivity contribution in [1.29, 1.82) is 0 Å². The highest BCUT2D eigenvalue weighted by Crippen LogP contribution is 2.28. The summed E-state index contributed by atoms with van der Waals surface area (Å²) >= 11 is 0. The highest BCUT2D eigenvalue weighted by Gasteiger charge is 2.19. The number of carbonyl (C=O) groups excluding carboxylic acids is 1. The van der Waals surface area contributed by atoms with Crippen molar-refractivity contribution >= 4 is 17.8 Å². The van der Waals surface area contributed by atoms with Crippen LogP contribution in [0, 0.1) is 0 Å². The highest BCUT2D eigenvalue weighted by atomic mass is 16.1. The van der Waals surface area contributed by atoms with E-state index in [0.29, 0.717) is 6.54 Å². The summed E-state index contributed by atoms with van der Waals surface area (Å²) in [6, 6.07) is 14.3. The molecule has 4 nitrogen and oxygen atoms in total. The lowest BCUT2D eigenvalue weighted by Crippen LogP contribution is -2.12. The van der Waals surface area contributed by atoms with Crippen LogP contribution in [0.15, 0.2) is 52.7 Å². The van der Waals surface area contributed by atoms with E-state index in [4.69, 9.17) is 0 Å². The maximum Gasteiger partial charge on any atom is 0.251 e. The molecule has 4 heteroatoms. The van der Waals surface area contributed by atoms with Gasteiger partial charge >= 0.3 is 0 Å². The third-order valence-electron chi connectivity index (χ3n) is 3.91. The van der Waals surface area contributed by atoms with Crippen molar-refractivity contribution in [1.82, 2.24) is 5.32 Å². The fourth-order valence-electron chi connectivity index (χ4n) is 2.80. The average Bonchev–Trinajstić information content (AvgIpc) is 2.94. The summed E-state index contributed by atoms with van der Waals surface area (Å²) in [5.41, 5.74) is 6.16. The van der Waals surface area contributed by atoms with Crippen LogP contribution in [0.1, 0.15) is 35.3 Å². The molecule has 0 bridgehead atoms. The van der Waals surface area contributed by atoms with Gasteiger partial charge in [0.25, 0.3) is 5.91 Å². The van der Waals surface area contributed by atoms with Gasteiger partial charge in [-0.05, 0) is 42.2 Å². The first-order chi connectivity index (χ1) is 11.2. The second kappa shape index (κ2) is 6.57. The zero-order chi connectivity index (χ0) is 16.2. The van der Waals surface area contributed by atoms with Gasteiger partial charge in [0, 0.05) is 30.5 Å². The monoisotopic (exact) mass is 305 g/mol. The van der Waals surface area contributed by atoms with Crippen LogP contribution < -0.4 is 5.32 Å². The molecule has 0 saturated carbocycles. The largest absolute Gasteiger partial charge is 0.348 e. The molecule has 1 heterocycles. The smallest absolute Gasteiger partial charge is 0.251 e. The molecule has 1 aliphatic rings. The lowest BCUT2D eigenvalue weighted by molar-refractivity contribution is 0.0966. The van der Waals surface area contributed by atoms with Gasteiger partial charge in [0.1, 0.15) is 0 Å². The van der Waals surface area contributed by atoms with Crippen LogP contribution in [0.4, 0.5) is 0 Å². The van der Waals surface area contributed by atoms with E-state index in [9.17, 15) is 4.79 Å². The maximum atomic E-state index is 11.9. The van der Waals surface area contributed by atoms with Gasteiger partial charge in [0.05, 0.1) is 0 Å². The molecule has 0 fully saturated rings. The van der Waals surface area contributed by atoms with Crippen molar-refractivity contribution in [3.63, 3.8) is 0 Å². The molecule has 0 unspecified atom stereocenters. The Morgan fingerprint density at radius 1 is 1.22 bits per heavy atom. The van der Waals surface area contributed by atoms with Gasteiger partial charge in [0.2, 0.25) is 0 Å². The van der Waals surface area contributed by atoms with Gasteiger partial charge in [-0.15, -0.1) is 0 Å². The first-order valence-electron chi connectivity index (χ1n) is 7.69. The Bertz CT molecular complexity index is 806. The Morgan fingerprint density at radius 3 is 2.87 bits per heavy atom. The Kier molecular flexibility index (Phi) is 4.33. The number of amides is 1. The average molecular weight is 305 g/mol. The molecule has 2 aromatic rings. The minimum Gasteiger partial charge on any atom is -0.348 e. The second-order valence-electron chi connectivity index (χ2n) is 5.60. The fraction of sp³-hybridized carbons (Fsp3) is 0.211. The van der Waals surface area contributed by atoms with Crippen molar-refractivity contribution in [2.24, 2.45) is 10.2 Å². The zero-order valence-electron chi connectivity index (χ0n) is 13.3. The van der Waals surface area contributed by atoms with Crippen LogP contribution in [0.3, 0.4) is 0 Å². The van der Waals surface area contributed by atoms with E-state index >= 15 is 0 Å². The molecule has 0 spiro atoms. The Morgan fingerprint density at radius 2 is 2.04 bits per heavy atom. The van der Waals surface area contributed by atoms with Crippen LogP contribution >= 0.6 is 0 Å². The minimum atomic E-state index is 0.00866. The second-order valence-corrected chi connectivity index (χ2v) is 5.60. The van der Waals surface area contributed by atoms with Crippen molar-refractivity contribution in [2.45, 2.75) is 26.8 Å². The topological polar surface area (TPSA) is 53.8 Å². The summed E-state index contributed by atoms with van der Waals surface area (Å²) in [6.07, 6.45) is 2.41. The molecule has 1 amide bonds. The summed E-state index contributed by atoms with van der Waals surface area (Å²) < 4.78 is 0. The Balaban J connectivity index is 1.98. The number of rotatable bonds is 4. The van der Waals surface area contributed by atoms with E-state index in [-0.39, 0.29) is 5.91 Å². The first kappa shape index (κ1) is 15.2. The number of hydrogen-bond acceptors (Lipinski definition) is 3. The normalized spacial score (nSPS) is 14.2. The molecule has 0 aromatic heterocycles. The number of fused-ring (bicyclic) bond motifs is 1. The molecule has 0 atom stereocenters. The van der Waals surface area contributed by atoms with Crippen molar-refractivity contribution in [2.75, 3.05) is 0 Å². The van der Waals surface area contributed by atoms with Crippen LogP contribution in [-0.2, 0) is 13.0 Å². The predicted molar refractivity (Wildman–Crippen MR) is 94.0 cm³/mol. The van der Waals surface area contributed by atoms with Crippen molar-refractivity contribution < 1.29 is 4.79 Å². The standard InChI is InChI=1S/C19H19N3O/c1-3-21-22-13(2)10-14-6-4-5-7-17(14)15-8-9-16-12-20-19(23)18(16)11-15/h3-9,11H,10,12H2,1-2H3,(H,20,23)/b21-3-,22-13+. The van der Waals surface area contributed by atoms with Gasteiger partial charge in [-0.25, -0.2) is 0 Å². The number of nitrogens with zero attached hydrogens (tertiary/aromatic N) is 2. The van der Waals surface area contributed by atoms with Gasteiger partial charge in [-0.1, -0.05) is 36.4 Å². The molecule has 2 aromatic carbocycles. The molecule has 1 N–H and O–H groups in total. The van der Waals surface area contributed by atoms with Crippen LogP contribution in [-0.4, -0.2) is 17.8 Å². The first-order valence-corrected chi connectivity index (χ1v) is 7.69. The van der Waals surface area contributed by atoms with E-state index < -0.39 is 0 Å². The maximum absolute atomic E-state index is 11.9. The van der Waals surface area contributed by atoms with Crippen LogP contribution in [0.25, 0.3) is 11.1 Å². The van der Waals surface area contributed by atoms with E-state index in [2.05, 4.69) is 33.7 Å². The van der Waals surface area contributed by atoms with Crippen LogP contribution in [0.5, 0.6) is 0 Å². The number of benzene rings is 2. The van der Waals surface area contributed by atoms with Crippen molar-refractivity contribution in [3.8, 4) is 11.1 Å². The van der Waals surface area contributed by atoms with Gasteiger partial charge in [0.15, 0.2) is 0 Å². The quantitative estimate of drug-likeness (QED) is 0.681. The van der Waals surface area contributed by atoms with Gasteiger partial charge in [-0.3, -0.25) is 4.79 Å². The summed E-state index contributed by atoms with van der Waals surface area (Å²) in [4.78, 5) is 11.9. The Labute approximate surface area is 136 Å². The third kappa shape index (κ3) is 3.21. The summed E-state index contributed by atoms with van der Waals surface area (Å²) in [5, 5.41) is 11.0. The molecule has 23 heavy (non-hydrogen) atoms. The van der Waals surface area contributed by atoms with E-state index in [1.165, 1.54) is 5.56 Å². The predicted octanol–water partition coefficient (Wildman–Crippen LogP) is 3.61. The molecule has 0 aliphatic carbocycles. The lowest BCUT2D eigenvalue weighted by atomic mass is 9.94. The highest BCUT2D eigenvalue weighted by molar-refractivity contribution is 5.99. The van der Waals surface area contributed by atoms with Crippen molar-refractivity contribution in [3.05, 3.63) is 59.2 Å². The van der Waals surface area contributed by atoms with Gasteiger partial charge in [-0.2, -0.15) is 10.2 Å². The summed E-state index contributed by atoms with van der Waals surface area (Å²) in [6.45, 7) is 4.44. The third-order valence-corrected chi connectivity index (χ3v) is 3.91. The van der Waals surface area contributed by atoms with Gasteiger partial charge < -0.3 is 5.32 Å². The zero-order valence-corrected chi connectivity index (χ0v) is 13.3. The van der Waals surface area contributed by atoms with E-state index in [1.54, 1.807) is 6.21 Å². The summed E-state index contributed by atoms with van der Waals surface area (Å²) in [5.74, 6) is 0.00866. The lowest BCUT2D eigenvalue weighted by Gasteiger charge is -2.10. The van der Waals surface area contributed by atoms with E-state index in [0.717, 1.165) is 34.4 Å². The molecule has 0 saturated heterocycles. The van der Waals surface area contributed by atoms with Crippen LogP contribution in [0.2, 0.25) is 0 Å². The number of hydrogen-bond donors (Lipinski definition) is 1. The Hall–Kier alpha value is -2.75. The molecule has 0 radical (unpaired) electrons. The fourth-order valence-corrected chi connectivity index (χ4v) is 2.80. The number of carbonyl (C=O) groups is 1. The molecular formula is C19H19N3O. The molecule has 3 rings (SSSR count). The summed E-state index contributed by atoms with van der Waals surface area (Å²) in [7, 11) is 0. The van der Waals surface area contributed by atoms with E-state index in [1.807, 2.05) is 38.1 Å². The minimum absolute atomic E-state index is 0.00866. The SMILES string of the molecule is C/C=N\N=C(/C)Cc1ccccc1-c1ccc2c(c1)C(=O)NC2. The molecular weight excluding hydrogens is 286 g/mol. The molecule has 116 valence electrons. The number of nitrogens with one attached hydrogen (secondary N) is 1. The molecule has 1 aliphatic heterocycles.